The van der Waals surface area contributed by atoms with Crippen molar-refractivity contribution >= 4 is 28.3 Å². The van der Waals surface area contributed by atoms with Crippen LogP contribution in [0.5, 0.6) is 0 Å². The molecule has 3 aromatic rings. The molecule has 2 heterocycles. The lowest BCUT2D eigenvalue weighted by Gasteiger charge is -2.04. The van der Waals surface area contributed by atoms with Crippen molar-refractivity contribution in [3.8, 4) is 0 Å². The summed E-state index contributed by atoms with van der Waals surface area (Å²) < 4.78 is 0. The van der Waals surface area contributed by atoms with Gasteiger partial charge in [-0.3, -0.25) is 4.79 Å². The van der Waals surface area contributed by atoms with Gasteiger partial charge in [-0.05, 0) is 36.8 Å². The molecular weight excluding hydrogens is 252 g/mol. The molecule has 20 heavy (non-hydrogen) atoms. The van der Waals surface area contributed by atoms with E-state index in [0.29, 0.717) is 17.1 Å². The summed E-state index contributed by atoms with van der Waals surface area (Å²) in [5, 5.41) is 3.57. The van der Waals surface area contributed by atoms with Crippen LogP contribution in [-0.2, 0) is 0 Å². The molecule has 4 N–H and O–H groups in total. The van der Waals surface area contributed by atoms with Gasteiger partial charge in [0.2, 0.25) is 0 Å². The van der Waals surface area contributed by atoms with E-state index in [2.05, 4.69) is 15.3 Å². The molecule has 0 fully saturated rings. The van der Waals surface area contributed by atoms with Crippen molar-refractivity contribution in [3.63, 3.8) is 0 Å². The topological polar surface area (TPSA) is 83.8 Å². The van der Waals surface area contributed by atoms with Crippen molar-refractivity contribution < 1.29 is 4.79 Å². The van der Waals surface area contributed by atoms with Gasteiger partial charge in [0, 0.05) is 29.0 Å². The standard InChI is InChI=1S/C15H14N4O/c1-9-2-5-14(18-7-9)19-15(20)12-8-17-13-4-3-10(16)6-11(12)13/h2-8,17H,16H2,1H3,(H,18,19,20). The van der Waals surface area contributed by atoms with Crippen molar-refractivity contribution in [1.29, 1.82) is 0 Å². The molecule has 3 rings (SSSR count). The first-order valence-electron chi connectivity index (χ1n) is 6.24. The van der Waals surface area contributed by atoms with Gasteiger partial charge in [0.25, 0.3) is 5.91 Å². The van der Waals surface area contributed by atoms with Crippen molar-refractivity contribution in [1.82, 2.24) is 9.97 Å². The molecule has 0 saturated carbocycles. The third-order valence-electron chi connectivity index (χ3n) is 3.10. The Morgan fingerprint density at radius 1 is 1.30 bits per heavy atom. The van der Waals surface area contributed by atoms with Crippen LogP contribution in [0.3, 0.4) is 0 Å². The molecule has 5 heteroatoms. The number of fused-ring (bicyclic) bond motifs is 1. The Kier molecular flexibility index (Phi) is 2.87. The van der Waals surface area contributed by atoms with Crippen LogP contribution >= 0.6 is 0 Å². The van der Waals surface area contributed by atoms with Crippen molar-refractivity contribution in [2.45, 2.75) is 6.92 Å². The third kappa shape index (κ3) is 2.21. The predicted molar refractivity (Wildman–Crippen MR) is 79.6 cm³/mol. The minimum Gasteiger partial charge on any atom is -0.399 e. The van der Waals surface area contributed by atoms with Crippen LogP contribution < -0.4 is 11.1 Å². The van der Waals surface area contributed by atoms with Gasteiger partial charge >= 0.3 is 0 Å². The Bertz CT molecular complexity index is 774. The molecule has 0 spiro atoms. The van der Waals surface area contributed by atoms with E-state index in [-0.39, 0.29) is 5.91 Å². The SMILES string of the molecule is Cc1ccc(NC(=O)c2c[nH]c3ccc(N)cc23)nc1. The number of aryl methyl sites for hydroxylation is 1. The number of nitrogens with zero attached hydrogens (tertiary/aromatic N) is 1. The zero-order valence-electron chi connectivity index (χ0n) is 11.0. The number of amides is 1. The van der Waals surface area contributed by atoms with Gasteiger partial charge < -0.3 is 16.0 Å². The second-order valence-electron chi connectivity index (χ2n) is 4.68. The number of carbonyl (C=O) groups excluding carboxylic acids is 1. The molecule has 5 nitrogen and oxygen atoms in total. The highest BCUT2D eigenvalue weighted by Crippen LogP contribution is 2.21. The number of rotatable bonds is 2. The lowest BCUT2D eigenvalue weighted by molar-refractivity contribution is 0.102. The predicted octanol–water partition coefficient (Wildman–Crippen LogP) is 2.71. The van der Waals surface area contributed by atoms with Gasteiger partial charge in [-0.2, -0.15) is 0 Å². The van der Waals surface area contributed by atoms with Crippen molar-refractivity contribution in [2.75, 3.05) is 11.1 Å². The molecule has 0 aliphatic carbocycles. The highest BCUT2D eigenvalue weighted by atomic mass is 16.1. The molecule has 0 aliphatic rings. The Morgan fingerprint density at radius 3 is 2.90 bits per heavy atom. The number of anilines is 2. The van der Waals surface area contributed by atoms with Gasteiger partial charge in [0.15, 0.2) is 0 Å². The molecular formula is C15H14N4O. The number of hydrogen-bond acceptors (Lipinski definition) is 3. The smallest absolute Gasteiger partial charge is 0.258 e. The summed E-state index contributed by atoms with van der Waals surface area (Å²) in [6, 6.07) is 9.10. The number of pyridine rings is 1. The van der Waals surface area contributed by atoms with E-state index in [9.17, 15) is 4.79 Å². The summed E-state index contributed by atoms with van der Waals surface area (Å²) in [6.45, 7) is 1.95. The zero-order chi connectivity index (χ0) is 14.1. The maximum Gasteiger partial charge on any atom is 0.258 e. The lowest BCUT2D eigenvalue weighted by atomic mass is 10.1. The number of aromatic nitrogens is 2. The van der Waals surface area contributed by atoms with E-state index in [1.54, 1.807) is 30.6 Å². The minimum atomic E-state index is -0.210. The molecule has 0 atom stereocenters. The van der Waals surface area contributed by atoms with Crippen LogP contribution in [0.2, 0.25) is 0 Å². The van der Waals surface area contributed by atoms with Gasteiger partial charge in [0.1, 0.15) is 5.82 Å². The first-order valence-corrected chi connectivity index (χ1v) is 6.24. The first-order chi connectivity index (χ1) is 9.63. The molecule has 0 saturated heterocycles. The number of carbonyl (C=O) groups is 1. The molecule has 0 radical (unpaired) electrons. The molecule has 0 unspecified atom stereocenters. The Labute approximate surface area is 115 Å². The molecule has 1 amide bonds. The fourth-order valence-corrected chi connectivity index (χ4v) is 2.05. The van der Waals surface area contributed by atoms with E-state index in [4.69, 9.17) is 5.73 Å². The first kappa shape index (κ1) is 12.2. The van der Waals surface area contributed by atoms with Gasteiger partial charge in [-0.25, -0.2) is 4.98 Å². The van der Waals surface area contributed by atoms with Crippen molar-refractivity contribution in [2.24, 2.45) is 0 Å². The van der Waals surface area contributed by atoms with Gasteiger partial charge in [-0.15, -0.1) is 0 Å². The molecule has 0 aliphatic heterocycles. The monoisotopic (exact) mass is 266 g/mol. The quantitative estimate of drug-likeness (QED) is 0.623. The second kappa shape index (κ2) is 4.70. The fourth-order valence-electron chi connectivity index (χ4n) is 2.05. The normalized spacial score (nSPS) is 10.7. The molecule has 2 aromatic heterocycles. The lowest BCUT2D eigenvalue weighted by Crippen LogP contribution is -2.12. The third-order valence-corrected chi connectivity index (χ3v) is 3.10. The number of H-pyrrole nitrogens is 1. The maximum absolute atomic E-state index is 12.3. The van der Waals surface area contributed by atoms with E-state index in [1.165, 1.54) is 0 Å². The molecule has 0 bridgehead atoms. The highest BCUT2D eigenvalue weighted by Gasteiger charge is 2.12. The average Bonchev–Trinajstić information content (AvgIpc) is 2.84. The highest BCUT2D eigenvalue weighted by molar-refractivity contribution is 6.12. The van der Waals surface area contributed by atoms with E-state index in [1.807, 2.05) is 19.1 Å². The molecule has 1 aromatic carbocycles. The fraction of sp³-hybridized carbons (Fsp3) is 0.0667. The summed E-state index contributed by atoms with van der Waals surface area (Å²) in [7, 11) is 0. The summed E-state index contributed by atoms with van der Waals surface area (Å²) in [5.74, 6) is 0.317. The Morgan fingerprint density at radius 2 is 2.15 bits per heavy atom. The van der Waals surface area contributed by atoms with E-state index in [0.717, 1.165) is 16.5 Å². The summed E-state index contributed by atoms with van der Waals surface area (Å²) in [6.07, 6.45) is 3.39. The summed E-state index contributed by atoms with van der Waals surface area (Å²) >= 11 is 0. The number of hydrogen-bond donors (Lipinski definition) is 3. The average molecular weight is 266 g/mol. The summed E-state index contributed by atoms with van der Waals surface area (Å²) in [5.41, 5.74) is 8.86. The van der Waals surface area contributed by atoms with Gasteiger partial charge in [0.05, 0.1) is 5.56 Å². The molecule has 100 valence electrons. The van der Waals surface area contributed by atoms with Crippen LogP contribution in [0.25, 0.3) is 10.9 Å². The van der Waals surface area contributed by atoms with E-state index >= 15 is 0 Å². The van der Waals surface area contributed by atoms with Crippen molar-refractivity contribution in [3.05, 3.63) is 53.9 Å². The van der Waals surface area contributed by atoms with Crippen LogP contribution in [0.4, 0.5) is 11.5 Å². The van der Waals surface area contributed by atoms with Crippen LogP contribution in [0.15, 0.2) is 42.7 Å². The van der Waals surface area contributed by atoms with Crippen LogP contribution in [0.1, 0.15) is 15.9 Å². The zero-order valence-corrected chi connectivity index (χ0v) is 11.0. The van der Waals surface area contributed by atoms with Crippen LogP contribution in [-0.4, -0.2) is 15.9 Å². The number of nitrogens with two attached hydrogens (primary N) is 1. The number of nitrogen functional groups attached to an aromatic ring is 1. The number of aromatic amines is 1. The van der Waals surface area contributed by atoms with E-state index < -0.39 is 0 Å². The second-order valence-corrected chi connectivity index (χ2v) is 4.68. The minimum absolute atomic E-state index is 0.210. The van der Waals surface area contributed by atoms with Gasteiger partial charge in [-0.1, -0.05) is 6.07 Å². The number of benzene rings is 1. The Balaban J connectivity index is 1.92. The maximum atomic E-state index is 12.3. The van der Waals surface area contributed by atoms with Crippen LogP contribution in [0, 0.1) is 6.92 Å². The number of nitrogens with one attached hydrogen (secondary N) is 2. The largest absolute Gasteiger partial charge is 0.399 e. The Hall–Kier alpha value is -2.82. The summed E-state index contributed by atoms with van der Waals surface area (Å²) in [4.78, 5) is 19.5.